The Morgan fingerprint density at radius 3 is 2.67 bits per heavy atom. The number of likely N-dealkylation sites (tertiary alicyclic amines) is 1. The summed E-state index contributed by atoms with van der Waals surface area (Å²) in [5.74, 6) is -1.41. The fourth-order valence-corrected chi connectivity index (χ4v) is 2.46. The third kappa shape index (κ3) is 6.60. The number of carboxylic acid groups (broad SMARTS) is 1. The molecule has 0 spiro atoms. The summed E-state index contributed by atoms with van der Waals surface area (Å²) in [6.07, 6.45) is 6.42. The van der Waals surface area contributed by atoms with Gasteiger partial charge in [0.1, 0.15) is 6.04 Å². The van der Waals surface area contributed by atoms with Gasteiger partial charge in [0.25, 0.3) is 0 Å². The lowest BCUT2D eigenvalue weighted by atomic mass is 10.1. The predicted octanol–water partition coefficient (Wildman–Crippen LogP) is 1.54. The van der Waals surface area contributed by atoms with Crippen LogP contribution >= 0.6 is 0 Å². The van der Waals surface area contributed by atoms with Gasteiger partial charge in [0.05, 0.1) is 6.54 Å². The van der Waals surface area contributed by atoms with Crippen molar-refractivity contribution in [3.05, 3.63) is 0 Å². The minimum Gasteiger partial charge on any atom is -0.480 e. The second-order valence-corrected chi connectivity index (χ2v) is 5.58. The van der Waals surface area contributed by atoms with Crippen LogP contribution in [0.15, 0.2) is 0 Å². The van der Waals surface area contributed by atoms with Crippen molar-refractivity contribution in [2.45, 2.75) is 64.3 Å². The van der Waals surface area contributed by atoms with Crippen LogP contribution in [0.2, 0.25) is 0 Å². The number of aliphatic carboxylic acids is 1. The molecule has 0 aromatic carbocycles. The van der Waals surface area contributed by atoms with Crippen LogP contribution in [-0.4, -0.2) is 46.9 Å². The van der Waals surface area contributed by atoms with Crippen molar-refractivity contribution in [3.63, 3.8) is 0 Å². The van der Waals surface area contributed by atoms with Crippen LogP contribution in [-0.2, 0) is 14.4 Å². The van der Waals surface area contributed by atoms with Crippen LogP contribution in [0, 0.1) is 0 Å². The van der Waals surface area contributed by atoms with Gasteiger partial charge in [-0.1, -0.05) is 32.6 Å². The normalized spacial score (nSPS) is 17.8. The molecule has 0 aromatic rings. The molecule has 0 saturated carbocycles. The molecule has 0 unspecified atom stereocenters. The van der Waals surface area contributed by atoms with E-state index < -0.39 is 12.0 Å². The van der Waals surface area contributed by atoms with Crippen molar-refractivity contribution in [2.75, 3.05) is 13.1 Å². The number of carboxylic acids is 1. The van der Waals surface area contributed by atoms with Crippen LogP contribution < -0.4 is 5.32 Å². The van der Waals surface area contributed by atoms with Gasteiger partial charge in [0, 0.05) is 13.0 Å². The molecule has 2 N–H and O–H groups in total. The van der Waals surface area contributed by atoms with Crippen LogP contribution in [0.25, 0.3) is 0 Å². The maximum Gasteiger partial charge on any atom is 0.326 e. The average molecular weight is 298 g/mol. The molecule has 1 aliphatic heterocycles. The molecule has 2 amide bonds. The molecule has 1 saturated heterocycles. The molecule has 6 heteroatoms. The monoisotopic (exact) mass is 298 g/mol. The molecule has 1 fully saturated rings. The van der Waals surface area contributed by atoms with Crippen molar-refractivity contribution in [1.29, 1.82) is 0 Å². The van der Waals surface area contributed by atoms with E-state index in [2.05, 4.69) is 5.32 Å². The van der Waals surface area contributed by atoms with Gasteiger partial charge in [0.2, 0.25) is 11.8 Å². The Balaban J connectivity index is 2.49. The van der Waals surface area contributed by atoms with E-state index in [-0.39, 0.29) is 18.4 Å². The fraction of sp³-hybridized carbons (Fsp3) is 0.800. The molecule has 6 nitrogen and oxygen atoms in total. The SMILES string of the molecule is CCCC[C@H](NC(=O)CN1CCCCCCC1=O)C(=O)O. The van der Waals surface area contributed by atoms with Gasteiger partial charge >= 0.3 is 5.97 Å². The lowest BCUT2D eigenvalue weighted by Crippen LogP contribution is -2.47. The molecule has 1 heterocycles. The Kier molecular flexibility index (Phi) is 7.79. The number of unbranched alkanes of at least 4 members (excludes halogenated alkanes) is 1. The molecular formula is C15H26N2O4. The molecule has 0 radical (unpaired) electrons. The Morgan fingerprint density at radius 2 is 2.00 bits per heavy atom. The summed E-state index contributed by atoms with van der Waals surface area (Å²) in [5.41, 5.74) is 0. The summed E-state index contributed by atoms with van der Waals surface area (Å²) < 4.78 is 0. The smallest absolute Gasteiger partial charge is 0.326 e. The molecule has 0 aromatic heterocycles. The van der Waals surface area contributed by atoms with Gasteiger partial charge in [-0.25, -0.2) is 4.79 Å². The summed E-state index contributed by atoms with van der Waals surface area (Å²) >= 11 is 0. The zero-order chi connectivity index (χ0) is 15.7. The maximum absolute atomic E-state index is 12.0. The molecule has 1 rings (SSSR count). The van der Waals surface area contributed by atoms with E-state index in [0.717, 1.165) is 38.5 Å². The Hall–Kier alpha value is -1.59. The maximum atomic E-state index is 12.0. The Bertz CT molecular complexity index is 371. The zero-order valence-corrected chi connectivity index (χ0v) is 12.8. The highest BCUT2D eigenvalue weighted by Gasteiger charge is 2.22. The number of amides is 2. The van der Waals surface area contributed by atoms with Gasteiger partial charge in [-0.05, 0) is 19.3 Å². The fourth-order valence-electron chi connectivity index (χ4n) is 2.46. The topological polar surface area (TPSA) is 86.7 Å². The van der Waals surface area contributed by atoms with E-state index in [4.69, 9.17) is 5.11 Å². The second-order valence-electron chi connectivity index (χ2n) is 5.58. The van der Waals surface area contributed by atoms with Crippen LogP contribution in [0.1, 0.15) is 58.3 Å². The lowest BCUT2D eigenvalue weighted by molar-refractivity contribution is -0.143. The highest BCUT2D eigenvalue weighted by molar-refractivity contribution is 5.87. The third-order valence-corrected chi connectivity index (χ3v) is 3.74. The Morgan fingerprint density at radius 1 is 1.29 bits per heavy atom. The first-order valence-corrected chi connectivity index (χ1v) is 7.84. The van der Waals surface area contributed by atoms with Crippen molar-refractivity contribution in [1.82, 2.24) is 10.2 Å². The van der Waals surface area contributed by atoms with E-state index in [1.807, 2.05) is 6.92 Å². The predicted molar refractivity (Wildman–Crippen MR) is 78.8 cm³/mol. The molecular weight excluding hydrogens is 272 g/mol. The first-order chi connectivity index (χ1) is 10.0. The lowest BCUT2D eigenvalue weighted by Gasteiger charge is -2.25. The van der Waals surface area contributed by atoms with Gasteiger partial charge in [0.15, 0.2) is 0 Å². The zero-order valence-electron chi connectivity index (χ0n) is 12.8. The molecule has 1 atom stereocenters. The van der Waals surface area contributed by atoms with Gasteiger partial charge in [-0.15, -0.1) is 0 Å². The van der Waals surface area contributed by atoms with E-state index in [1.54, 1.807) is 4.90 Å². The molecule has 21 heavy (non-hydrogen) atoms. The number of carbonyl (C=O) groups is 3. The average Bonchev–Trinajstić information content (AvgIpc) is 2.43. The molecule has 0 bridgehead atoms. The first kappa shape index (κ1) is 17.5. The van der Waals surface area contributed by atoms with Crippen molar-refractivity contribution in [2.24, 2.45) is 0 Å². The summed E-state index contributed by atoms with van der Waals surface area (Å²) in [6.45, 7) is 2.52. The molecule has 120 valence electrons. The second kappa shape index (κ2) is 9.37. The number of nitrogens with zero attached hydrogens (tertiary/aromatic N) is 1. The summed E-state index contributed by atoms with van der Waals surface area (Å²) in [5, 5.41) is 11.6. The molecule has 1 aliphatic rings. The van der Waals surface area contributed by atoms with Crippen LogP contribution in [0.5, 0.6) is 0 Å². The van der Waals surface area contributed by atoms with Gasteiger partial charge in [-0.3, -0.25) is 9.59 Å². The van der Waals surface area contributed by atoms with Crippen LogP contribution in [0.4, 0.5) is 0 Å². The van der Waals surface area contributed by atoms with Crippen molar-refractivity contribution in [3.8, 4) is 0 Å². The minimum absolute atomic E-state index is 0.00900. The number of rotatable bonds is 7. The minimum atomic E-state index is -1.02. The van der Waals surface area contributed by atoms with Gasteiger partial charge in [-0.2, -0.15) is 0 Å². The van der Waals surface area contributed by atoms with Gasteiger partial charge < -0.3 is 15.3 Å². The molecule has 0 aliphatic carbocycles. The first-order valence-electron chi connectivity index (χ1n) is 7.84. The summed E-state index contributed by atoms with van der Waals surface area (Å²) in [4.78, 5) is 36.5. The van der Waals surface area contributed by atoms with Crippen molar-refractivity contribution < 1.29 is 19.5 Å². The Labute approximate surface area is 125 Å². The quantitative estimate of drug-likeness (QED) is 0.746. The van der Waals surface area contributed by atoms with E-state index in [1.165, 1.54) is 0 Å². The number of hydrogen-bond acceptors (Lipinski definition) is 3. The van der Waals surface area contributed by atoms with Crippen LogP contribution in [0.3, 0.4) is 0 Å². The largest absolute Gasteiger partial charge is 0.480 e. The van der Waals surface area contributed by atoms with E-state index in [0.29, 0.717) is 19.4 Å². The van der Waals surface area contributed by atoms with Crippen molar-refractivity contribution >= 4 is 17.8 Å². The van der Waals surface area contributed by atoms with E-state index >= 15 is 0 Å². The standard InChI is InChI=1S/C15H26N2O4/c1-2-3-8-12(15(20)21)16-13(18)11-17-10-7-5-4-6-9-14(17)19/h12H,2-11H2,1H3,(H,16,18)(H,20,21)/t12-/m0/s1. The number of hydrogen-bond donors (Lipinski definition) is 2. The number of carbonyl (C=O) groups excluding carboxylic acids is 2. The highest BCUT2D eigenvalue weighted by atomic mass is 16.4. The summed E-state index contributed by atoms with van der Waals surface area (Å²) in [6, 6.07) is -0.859. The summed E-state index contributed by atoms with van der Waals surface area (Å²) in [7, 11) is 0. The highest BCUT2D eigenvalue weighted by Crippen LogP contribution is 2.11. The third-order valence-electron chi connectivity index (χ3n) is 3.74. The number of nitrogens with one attached hydrogen (secondary N) is 1. The van der Waals surface area contributed by atoms with E-state index in [9.17, 15) is 14.4 Å².